The molecule has 1 heterocycles. The van der Waals surface area contributed by atoms with Crippen molar-refractivity contribution in [3.05, 3.63) is 0 Å². The van der Waals surface area contributed by atoms with Crippen molar-refractivity contribution >= 4 is 12.0 Å². The summed E-state index contributed by atoms with van der Waals surface area (Å²) in [4.78, 5) is 25.0. The first-order valence-electron chi connectivity index (χ1n) is 7.40. The zero-order chi connectivity index (χ0) is 15.5. The van der Waals surface area contributed by atoms with E-state index >= 15 is 0 Å². The first-order valence-corrected chi connectivity index (χ1v) is 7.40. The molecule has 2 amide bonds. The Morgan fingerprint density at radius 2 is 2.00 bits per heavy atom. The van der Waals surface area contributed by atoms with Crippen molar-refractivity contribution in [3.8, 4) is 0 Å². The number of amides is 2. The lowest BCUT2D eigenvalue weighted by Gasteiger charge is -2.36. The molecule has 0 aromatic heterocycles. The lowest BCUT2D eigenvalue weighted by molar-refractivity contribution is -0.143. The predicted molar refractivity (Wildman–Crippen MR) is 78.5 cm³/mol. The van der Waals surface area contributed by atoms with Gasteiger partial charge in [0, 0.05) is 13.1 Å². The molecular weight excluding hydrogens is 256 g/mol. The van der Waals surface area contributed by atoms with Crippen LogP contribution in [0.3, 0.4) is 0 Å². The van der Waals surface area contributed by atoms with Gasteiger partial charge in [-0.1, -0.05) is 34.6 Å². The molecule has 3 unspecified atom stereocenters. The Bertz CT molecular complexity index is 363. The van der Waals surface area contributed by atoms with Gasteiger partial charge in [0.1, 0.15) is 6.04 Å². The number of likely N-dealkylation sites (tertiary alicyclic amines) is 1. The molecule has 0 aromatic carbocycles. The highest BCUT2D eigenvalue weighted by Gasteiger charge is 2.35. The van der Waals surface area contributed by atoms with Crippen LogP contribution in [0, 0.1) is 17.3 Å². The largest absolute Gasteiger partial charge is 0.480 e. The Balaban J connectivity index is 2.59. The minimum Gasteiger partial charge on any atom is -0.480 e. The summed E-state index contributed by atoms with van der Waals surface area (Å²) >= 11 is 0. The molecule has 20 heavy (non-hydrogen) atoms. The second-order valence-electron chi connectivity index (χ2n) is 7.13. The maximum absolute atomic E-state index is 12.2. The summed E-state index contributed by atoms with van der Waals surface area (Å²) in [6, 6.07) is -0.941. The number of nitrogens with one attached hydrogen (secondary N) is 1. The van der Waals surface area contributed by atoms with Crippen LogP contribution in [-0.4, -0.2) is 41.1 Å². The van der Waals surface area contributed by atoms with Crippen LogP contribution >= 0.6 is 0 Å². The average molecular weight is 284 g/mol. The Morgan fingerprint density at radius 3 is 2.50 bits per heavy atom. The molecule has 3 atom stereocenters. The molecule has 1 aliphatic heterocycles. The third-order valence-electron chi connectivity index (χ3n) is 4.45. The van der Waals surface area contributed by atoms with Crippen LogP contribution in [0.1, 0.15) is 47.5 Å². The number of rotatable bonds is 3. The molecule has 1 saturated heterocycles. The molecule has 2 N–H and O–H groups in total. The average Bonchev–Trinajstić information content (AvgIpc) is 2.34. The molecule has 0 radical (unpaired) electrons. The molecule has 0 aliphatic carbocycles. The molecule has 5 nitrogen and oxygen atoms in total. The van der Waals surface area contributed by atoms with E-state index in [4.69, 9.17) is 0 Å². The van der Waals surface area contributed by atoms with Gasteiger partial charge >= 0.3 is 12.0 Å². The molecule has 0 spiro atoms. The number of carboxylic acids is 1. The van der Waals surface area contributed by atoms with Crippen LogP contribution in [0.15, 0.2) is 0 Å². The van der Waals surface area contributed by atoms with E-state index in [2.05, 4.69) is 33.0 Å². The van der Waals surface area contributed by atoms with E-state index < -0.39 is 12.0 Å². The smallest absolute Gasteiger partial charge is 0.326 e. The highest BCUT2D eigenvalue weighted by atomic mass is 16.4. The number of carboxylic acid groups (broad SMARTS) is 1. The van der Waals surface area contributed by atoms with Gasteiger partial charge in [-0.2, -0.15) is 0 Å². The summed E-state index contributed by atoms with van der Waals surface area (Å²) in [5.74, 6) is -0.220. The van der Waals surface area contributed by atoms with E-state index in [9.17, 15) is 14.7 Å². The normalized spacial score (nSPS) is 25.1. The number of aliphatic carboxylic acids is 1. The fourth-order valence-electron chi connectivity index (χ4n) is 2.27. The van der Waals surface area contributed by atoms with Crippen molar-refractivity contribution in [3.63, 3.8) is 0 Å². The molecule has 0 bridgehead atoms. The third-order valence-corrected chi connectivity index (χ3v) is 4.45. The third kappa shape index (κ3) is 4.39. The Morgan fingerprint density at radius 1 is 1.40 bits per heavy atom. The van der Waals surface area contributed by atoms with E-state index in [0.717, 1.165) is 6.42 Å². The Kier molecular flexibility index (Phi) is 5.42. The molecule has 5 heteroatoms. The van der Waals surface area contributed by atoms with Crippen molar-refractivity contribution in [2.45, 2.75) is 53.5 Å². The zero-order valence-corrected chi connectivity index (χ0v) is 13.3. The van der Waals surface area contributed by atoms with Gasteiger partial charge in [-0.25, -0.2) is 9.59 Å². The monoisotopic (exact) mass is 284 g/mol. The molecule has 0 aromatic rings. The number of carbonyl (C=O) groups is 2. The minimum atomic E-state index is -0.907. The number of piperidine rings is 1. The quantitative estimate of drug-likeness (QED) is 0.837. The number of hydrogen-bond donors (Lipinski definition) is 2. The summed E-state index contributed by atoms with van der Waals surface area (Å²) in [6.45, 7) is 11.6. The number of hydrogen-bond acceptors (Lipinski definition) is 2. The predicted octanol–water partition coefficient (Wildman–Crippen LogP) is 2.56. The second-order valence-corrected chi connectivity index (χ2v) is 7.13. The number of nitrogens with zero attached hydrogens (tertiary/aromatic N) is 1. The van der Waals surface area contributed by atoms with Gasteiger partial charge in [-0.3, -0.25) is 0 Å². The number of urea groups is 1. The molecule has 1 fully saturated rings. The molecule has 1 aliphatic rings. The highest BCUT2D eigenvalue weighted by Crippen LogP contribution is 2.25. The van der Waals surface area contributed by atoms with Gasteiger partial charge in [-0.05, 0) is 30.1 Å². The molecule has 0 saturated carbocycles. The minimum absolute atomic E-state index is 0.121. The van der Waals surface area contributed by atoms with Gasteiger partial charge in [0.05, 0.1) is 0 Å². The van der Waals surface area contributed by atoms with Crippen LogP contribution in [-0.2, 0) is 4.79 Å². The standard InChI is InChI=1S/C15H28N2O3/c1-10-6-7-17(12(8-10)13(18)19)14(20)16-9-11(2)15(3,4)5/h10-12H,6-9H2,1-5H3,(H,16,20)(H,18,19). The van der Waals surface area contributed by atoms with Crippen molar-refractivity contribution in [2.24, 2.45) is 17.3 Å². The maximum Gasteiger partial charge on any atom is 0.326 e. The summed E-state index contributed by atoms with van der Waals surface area (Å²) in [7, 11) is 0. The van der Waals surface area contributed by atoms with Crippen molar-refractivity contribution in [1.29, 1.82) is 0 Å². The lowest BCUT2D eigenvalue weighted by Crippen LogP contribution is -2.54. The lowest BCUT2D eigenvalue weighted by atomic mass is 9.82. The van der Waals surface area contributed by atoms with Crippen LogP contribution in [0.25, 0.3) is 0 Å². The zero-order valence-electron chi connectivity index (χ0n) is 13.3. The van der Waals surface area contributed by atoms with E-state index in [1.54, 1.807) is 0 Å². The van der Waals surface area contributed by atoms with Gasteiger partial charge in [0.25, 0.3) is 0 Å². The van der Waals surface area contributed by atoms with E-state index in [0.29, 0.717) is 31.3 Å². The van der Waals surface area contributed by atoms with E-state index in [-0.39, 0.29) is 11.4 Å². The topological polar surface area (TPSA) is 69.6 Å². The highest BCUT2D eigenvalue weighted by molar-refractivity contribution is 5.82. The first kappa shape index (κ1) is 16.8. The van der Waals surface area contributed by atoms with Crippen LogP contribution in [0.4, 0.5) is 4.79 Å². The summed E-state index contributed by atoms with van der Waals surface area (Å²) in [5, 5.41) is 12.1. The summed E-state index contributed by atoms with van der Waals surface area (Å²) < 4.78 is 0. The maximum atomic E-state index is 12.2. The number of carbonyl (C=O) groups excluding carboxylic acids is 1. The summed E-state index contributed by atoms with van der Waals surface area (Å²) in [5.41, 5.74) is 0.121. The van der Waals surface area contributed by atoms with Crippen molar-refractivity contribution in [1.82, 2.24) is 10.2 Å². The second kappa shape index (κ2) is 6.46. The van der Waals surface area contributed by atoms with Gasteiger partial charge < -0.3 is 15.3 Å². The van der Waals surface area contributed by atoms with Crippen LogP contribution < -0.4 is 5.32 Å². The van der Waals surface area contributed by atoms with Crippen molar-refractivity contribution < 1.29 is 14.7 Å². The van der Waals surface area contributed by atoms with Crippen molar-refractivity contribution in [2.75, 3.05) is 13.1 Å². The molecule has 116 valence electrons. The fraction of sp³-hybridized carbons (Fsp3) is 0.867. The van der Waals surface area contributed by atoms with Gasteiger partial charge in [-0.15, -0.1) is 0 Å². The Labute approximate surface area is 121 Å². The fourth-order valence-corrected chi connectivity index (χ4v) is 2.27. The SMILES string of the molecule is CC1CCN(C(=O)NCC(C)C(C)(C)C)C(C(=O)O)C1. The van der Waals surface area contributed by atoms with Gasteiger partial charge in [0.15, 0.2) is 0 Å². The first-order chi connectivity index (χ1) is 9.12. The molecular formula is C15H28N2O3. The van der Waals surface area contributed by atoms with Crippen LogP contribution in [0.5, 0.6) is 0 Å². The van der Waals surface area contributed by atoms with Gasteiger partial charge in [0.2, 0.25) is 0 Å². The Hall–Kier alpha value is -1.26. The molecule has 1 rings (SSSR count). The van der Waals surface area contributed by atoms with E-state index in [1.165, 1.54) is 4.90 Å². The van der Waals surface area contributed by atoms with Crippen LogP contribution in [0.2, 0.25) is 0 Å². The van der Waals surface area contributed by atoms with E-state index in [1.807, 2.05) is 6.92 Å². The summed E-state index contributed by atoms with van der Waals surface area (Å²) in [6.07, 6.45) is 1.41.